The predicted molar refractivity (Wildman–Crippen MR) is 252 cm³/mol. The van der Waals surface area contributed by atoms with E-state index in [1.807, 2.05) is 61.5 Å². The second kappa shape index (κ2) is 24.4. The molecule has 0 saturated carbocycles. The van der Waals surface area contributed by atoms with E-state index in [9.17, 15) is 0 Å². The van der Waals surface area contributed by atoms with Gasteiger partial charge in [-0.2, -0.15) is 18.2 Å². The van der Waals surface area contributed by atoms with Crippen molar-refractivity contribution in [3.63, 3.8) is 0 Å². The van der Waals surface area contributed by atoms with Crippen LogP contribution in [-0.2, 0) is 19.5 Å². The zero-order chi connectivity index (χ0) is 40.2. The molecule has 0 aromatic heterocycles. The fourth-order valence-electron chi connectivity index (χ4n) is 6.64. The smallest absolute Gasteiger partial charge is 0.693 e. The summed E-state index contributed by atoms with van der Waals surface area (Å²) < 4.78 is 5.65. The first kappa shape index (κ1) is 44.6. The van der Waals surface area contributed by atoms with E-state index in [-0.39, 0.29) is 31.3 Å². The van der Waals surface area contributed by atoms with E-state index >= 15 is 0 Å². The van der Waals surface area contributed by atoms with Gasteiger partial charge in [-0.25, -0.2) is 12.1 Å². The Labute approximate surface area is 367 Å². The van der Waals surface area contributed by atoms with Crippen molar-refractivity contribution in [2.24, 2.45) is 5.92 Å². The van der Waals surface area contributed by atoms with Gasteiger partial charge in [0.2, 0.25) is 0 Å². The first-order chi connectivity index (χ1) is 28.6. The molecular formula is C55H48OP2Ru. The van der Waals surface area contributed by atoms with Gasteiger partial charge in [-0.1, -0.05) is 212 Å². The SMILES string of the molecule is [C-]#CC1c2ccccc2OCC1C(=C)C.[Ru+2].c1cc[cH-]c1.c1ccc(P(c2ccccc2)c2ccccc2)cc1.c1ccc(P(c2ccccc2)c2ccccc2)cc1. The van der Waals surface area contributed by atoms with Gasteiger partial charge in [0.05, 0.1) is 6.61 Å². The van der Waals surface area contributed by atoms with Crippen LogP contribution < -0.4 is 36.6 Å². The van der Waals surface area contributed by atoms with Crippen LogP contribution in [0.1, 0.15) is 18.4 Å². The molecule has 1 heterocycles. The molecule has 2 unspecified atom stereocenters. The summed E-state index contributed by atoms with van der Waals surface area (Å²) in [6.07, 6.45) is 7.41. The Morgan fingerprint density at radius 1 is 0.508 bits per heavy atom. The zero-order valence-electron chi connectivity index (χ0n) is 33.2. The molecule has 2 atom stereocenters. The quantitative estimate of drug-likeness (QED) is 0.0509. The van der Waals surface area contributed by atoms with Crippen LogP contribution >= 0.6 is 15.8 Å². The Morgan fingerprint density at radius 3 is 1.08 bits per heavy atom. The maximum absolute atomic E-state index is 7.41. The van der Waals surface area contributed by atoms with Crippen molar-refractivity contribution in [1.82, 2.24) is 0 Å². The van der Waals surface area contributed by atoms with Crippen molar-refractivity contribution in [2.75, 3.05) is 6.61 Å². The second-order valence-electron chi connectivity index (χ2n) is 13.6. The molecule has 0 aliphatic carbocycles. The van der Waals surface area contributed by atoms with Crippen LogP contribution in [0.2, 0.25) is 0 Å². The van der Waals surface area contributed by atoms with Crippen LogP contribution in [0.5, 0.6) is 5.75 Å². The van der Waals surface area contributed by atoms with Crippen molar-refractivity contribution in [2.45, 2.75) is 12.8 Å². The minimum Gasteiger partial charge on any atom is -0.693 e. The maximum Gasteiger partial charge on any atom is 2.00 e. The minimum atomic E-state index is -0.446. The topological polar surface area (TPSA) is 9.23 Å². The first-order valence-electron chi connectivity index (χ1n) is 19.5. The van der Waals surface area contributed by atoms with Crippen molar-refractivity contribution >= 4 is 47.7 Å². The van der Waals surface area contributed by atoms with Gasteiger partial charge in [0.15, 0.2) is 0 Å². The Morgan fingerprint density at radius 2 is 0.814 bits per heavy atom. The van der Waals surface area contributed by atoms with E-state index in [0.717, 1.165) is 16.9 Å². The van der Waals surface area contributed by atoms with Gasteiger partial charge in [-0.15, -0.1) is 0 Å². The molecule has 4 heteroatoms. The monoisotopic (exact) mass is 888 g/mol. The zero-order valence-corrected chi connectivity index (χ0v) is 36.8. The summed E-state index contributed by atoms with van der Waals surface area (Å²) in [7, 11) is -0.892. The molecule has 1 aliphatic rings. The number of rotatable bonds is 7. The van der Waals surface area contributed by atoms with Crippen molar-refractivity contribution in [1.29, 1.82) is 0 Å². The van der Waals surface area contributed by atoms with Crippen LogP contribution in [-0.4, -0.2) is 6.61 Å². The third kappa shape index (κ3) is 13.0. The third-order valence-electron chi connectivity index (χ3n) is 9.51. The van der Waals surface area contributed by atoms with Gasteiger partial charge in [0, 0.05) is 17.4 Å². The molecule has 0 amide bonds. The molecule has 0 saturated heterocycles. The van der Waals surface area contributed by atoms with Gasteiger partial charge in [0.25, 0.3) is 0 Å². The molecule has 8 aromatic rings. The Kier molecular flexibility index (Phi) is 18.4. The van der Waals surface area contributed by atoms with Crippen LogP contribution in [0, 0.1) is 18.3 Å². The molecule has 9 rings (SSSR count). The summed E-state index contributed by atoms with van der Waals surface area (Å²) in [5.74, 6) is 3.65. The summed E-state index contributed by atoms with van der Waals surface area (Å²) in [6, 6.07) is 82.5. The number of fused-ring (bicyclic) bond motifs is 1. The third-order valence-corrected chi connectivity index (χ3v) is 14.4. The average molecular weight is 888 g/mol. The molecular weight excluding hydrogens is 840 g/mol. The van der Waals surface area contributed by atoms with Crippen LogP contribution in [0.4, 0.5) is 0 Å². The molecule has 1 nitrogen and oxygen atoms in total. The van der Waals surface area contributed by atoms with E-state index in [1.165, 1.54) is 31.8 Å². The van der Waals surface area contributed by atoms with Gasteiger partial charge in [-0.3, -0.25) is 0 Å². The second-order valence-corrected chi connectivity index (χ2v) is 18.0. The summed E-state index contributed by atoms with van der Waals surface area (Å²) in [6.45, 7) is 6.53. The summed E-state index contributed by atoms with van der Waals surface area (Å²) in [5.41, 5.74) is 2.10. The number of benzene rings is 7. The van der Waals surface area contributed by atoms with Gasteiger partial charge >= 0.3 is 19.5 Å². The van der Waals surface area contributed by atoms with E-state index in [1.54, 1.807) is 0 Å². The van der Waals surface area contributed by atoms with Crippen molar-refractivity contribution < 1.29 is 24.2 Å². The van der Waals surface area contributed by atoms with Gasteiger partial charge in [-0.05, 0) is 60.7 Å². The molecule has 292 valence electrons. The number of hydrogen-bond acceptors (Lipinski definition) is 1. The Balaban J connectivity index is 0.000000158. The van der Waals surface area contributed by atoms with Crippen molar-refractivity contribution in [3.05, 3.63) is 261 Å². The molecule has 0 bridgehead atoms. The largest absolute Gasteiger partial charge is 2.00 e. The van der Waals surface area contributed by atoms with Gasteiger partial charge < -0.3 is 17.1 Å². The summed E-state index contributed by atoms with van der Waals surface area (Å²) in [4.78, 5) is 0. The fourth-order valence-corrected chi connectivity index (χ4v) is 11.3. The minimum absolute atomic E-state index is 0. The van der Waals surface area contributed by atoms with Crippen LogP contribution in [0.3, 0.4) is 0 Å². The van der Waals surface area contributed by atoms with E-state index in [2.05, 4.69) is 194 Å². The van der Waals surface area contributed by atoms with E-state index < -0.39 is 15.8 Å². The molecule has 0 fully saturated rings. The van der Waals surface area contributed by atoms with E-state index in [0.29, 0.717) is 6.61 Å². The molecule has 0 N–H and O–H groups in total. The predicted octanol–water partition coefficient (Wildman–Crippen LogP) is 11.2. The molecule has 59 heavy (non-hydrogen) atoms. The number of para-hydroxylation sites is 1. The summed E-state index contributed by atoms with van der Waals surface area (Å²) in [5, 5.41) is 8.39. The summed E-state index contributed by atoms with van der Waals surface area (Å²) >= 11 is 0. The molecule has 0 spiro atoms. The van der Waals surface area contributed by atoms with E-state index in [4.69, 9.17) is 11.2 Å². The van der Waals surface area contributed by atoms with Crippen LogP contribution in [0.15, 0.2) is 249 Å². The standard InChI is InChI=1S/2C18H15P.C14H13O.C5H5.Ru/c2*1-4-10-16(11-5-1)19(17-12-6-2-7-13-17)18-14-8-3-9-15-18;1-4-11-12-7-5-6-8-14(12)15-9-13(11)10(2)3;1-2-4-5-3-1;/h2*1-15H;5-8,11,13H,2,9H2,3H3;1-5H;/q;;2*-1;+2. The van der Waals surface area contributed by atoms with Gasteiger partial charge in [0.1, 0.15) is 5.75 Å². The molecule has 0 radical (unpaired) electrons. The average Bonchev–Trinajstić information content (AvgIpc) is 3.90. The van der Waals surface area contributed by atoms with Crippen LogP contribution in [0.25, 0.3) is 0 Å². The Hall–Kier alpha value is -5.53. The Bertz CT molecular complexity index is 2060. The normalized spacial score (nSPS) is 13.5. The molecule has 8 aromatic carbocycles. The number of hydrogen-bond donors (Lipinski definition) is 0. The molecule has 1 aliphatic heterocycles. The maximum atomic E-state index is 7.41. The number of ether oxygens (including phenoxy) is 1. The first-order valence-corrected chi connectivity index (χ1v) is 22.2. The fraction of sp³-hybridized carbons (Fsp3) is 0.0727. The van der Waals surface area contributed by atoms with Crippen molar-refractivity contribution in [3.8, 4) is 11.7 Å².